The van der Waals surface area contributed by atoms with Gasteiger partial charge in [-0.05, 0) is 6.42 Å². The van der Waals surface area contributed by atoms with Crippen LogP contribution in [0.5, 0.6) is 0 Å². The third-order valence-corrected chi connectivity index (χ3v) is 9.06. The van der Waals surface area contributed by atoms with E-state index in [2.05, 4.69) is 11.4 Å². The van der Waals surface area contributed by atoms with Gasteiger partial charge in [0.25, 0.3) is 0 Å². The molecule has 0 saturated heterocycles. The Kier molecular flexibility index (Phi) is 33.5. The van der Waals surface area contributed by atoms with E-state index < -0.39 is 19.9 Å². The first kappa shape index (κ1) is 43.5. The van der Waals surface area contributed by atoms with Crippen molar-refractivity contribution in [2.24, 2.45) is 5.73 Å². The summed E-state index contributed by atoms with van der Waals surface area (Å²) in [5, 5.41) is 0. The second-order valence-electron chi connectivity index (χ2n) is 12.5. The van der Waals surface area contributed by atoms with E-state index in [9.17, 15) is 14.3 Å². The zero-order chi connectivity index (χ0) is 32.4. The van der Waals surface area contributed by atoms with Crippen LogP contribution in [0.4, 0.5) is 0 Å². The lowest BCUT2D eigenvalue weighted by Gasteiger charge is -2.19. The van der Waals surface area contributed by atoms with Gasteiger partial charge in [-0.2, -0.15) is 0 Å². The number of unbranched alkanes of at least 4 members (excludes halogenated alkanes) is 25. The van der Waals surface area contributed by atoms with E-state index in [-0.39, 0.29) is 26.4 Å². The molecule has 0 aromatic heterocycles. The third kappa shape index (κ3) is 34.4. The molecule has 3 N–H and O–H groups in total. The Balaban J connectivity index is 3.38. The largest absolute Gasteiger partial charge is 0.472 e. The van der Waals surface area contributed by atoms with E-state index in [1.54, 1.807) is 0 Å². The van der Waals surface area contributed by atoms with Gasteiger partial charge in [-0.25, -0.2) is 4.57 Å². The number of rotatable bonds is 36. The quantitative estimate of drug-likeness (QED) is 0.0391. The van der Waals surface area contributed by atoms with Gasteiger partial charge < -0.3 is 20.1 Å². The fourth-order valence-electron chi connectivity index (χ4n) is 5.47. The Bertz CT molecular complexity index is 653. The molecule has 0 radical (unpaired) electrons. The van der Waals surface area contributed by atoms with Gasteiger partial charge in [-0.3, -0.25) is 13.8 Å². The smallest absolute Gasteiger partial charge is 0.458 e. The predicted molar refractivity (Wildman–Crippen MR) is 183 cm³/mol. The number of phosphoric acid groups is 1. The van der Waals surface area contributed by atoms with Crippen LogP contribution in [0.2, 0.25) is 0 Å². The van der Waals surface area contributed by atoms with Gasteiger partial charge in [0.15, 0.2) is 0 Å². The highest BCUT2D eigenvalue weighted by Gasteiger charge is 2.24. The Labute approximate surface area is 271 Å². The van der Waals surface area contributed by atoms with Gasteiger partial charge >= 0.3 is 13.8 Å². The van der Waals surface area contributed by atoms with Crippen molar-refractivity contribution in [3.63, 3.8) is 0 Å². The summed E-state index contributed by atoms with van der Waals surface area (Å²) in [6.07, 6.45) is 34.9. The van der Waals surface area contributed by atoms with Crippen molar-refractivity contribution in [2.45, 2.75) is 187 Å². The highest BCUT2D eigenvalue weighted by Crippen LogP contribution is 2.43. The van der Waals surface area contributed by atoms with Crippen molar-refractivity contribution >= 4 is 13.8 Å². The molecule has 0 amide bonds. The topological polar surface area (TPSA) is 117 Å². The number of carbonyl (C=O) groups is 1. The molecule has 0 aliphatic heterocycles. The number of hydrogen-bond acceptors (Lipinski definition) is 7. The van der Waals surface area contributed by atoms with Crippen LogP contribution in [0.1, 0.15) is 181 Å². The molecule has 2 atom stereocenters. The zero-order valence-corrected chi connectivity index (χ0v) is 29.8. The summed E-state index contributed by atoms with van der Waals surface area (Å²) >= 11 is 0. The van der Waals surface area contributed by atoms with E-state index in [1.165, 1.54) is 161 Å². The van der Waals surface area contributed by atoms with Gasteiger partial charge in [0.05, 0.1) is 19.8 Å². The van der Waals surface area contributed by atoms with Crippen molar-refractivity contribution in [3.8, 4) is 0 Å². The molecule has 0 aliphatic rings. The van der Waals surface area contributed by atoms with Crippen LogP contribution >= 0.6 is 7.82 Å². The number of ether oxygens (including phenoxy) is 2. The lowest BCUT2D eigenvalue weighted by Crippen LogP contribution is -2.27. The fourth-order valence-corrected chi connectivity index (χ4v) is 6.23. The lowest BCUT2D eigenvalue weighted by atomic mass is 10.0. The Morgan fingerprint density at radius 3 is 1.30 bits per heavy atom. The standard InChI is InChI=1S/C35H72NO7P/c1-3-4-5-6-7-8-9-10-11-12-13-14-15-16-17-18-19-20-21-22-23-24-25-26-27-28-30-40-32-35(43-34(2)37)33-42-44(38,39)41-31-29-36/h35H,3-33,36H2,1-2H3,(H,38,39). The van der Waals surface area contributed by atoms with Gasteiger partial charge in [0, 0.05) is 20.1 Å². The number of nitrogens with two attached hydrogens (primary N) is 1. The van der Waals surface area contributed by atoms with E-state index in [1.807, 2.05) is 0 Å². The molecule has 0 heterocycles. The van der Waals surface area contributed by atoms with Crippen LogP contribution in [0, 0.1) is 0 Å². The molecule has 0 spiro atoms. The minimum absolute atomic E-state index is 0.0951. The molecule has 0 saturated carbocycles. The molecule has 8 nitrogen and oxygen atoms in total. The molecule has 0 bridgehead atoms. The third-order valence-electron chi connectivity index (χ3n) is 8.07. The molecule has 0 fully saturated rings. The first-order valence-corrected chi connectivity index (χ1v) is 20.0. The van der Waals surface area contributed by atoms with Crippen LogP contribution in [0.3, 0.4) is 0 Å². The maximum atomic E-state index is 11.7. The number of esters is 1. The van der Waals surface area contributed by atoms with Crippen molar-refractivity contribution in [3.05, 3.63) is 0 Å². The number of phosphoric ester groups is 1. The Morgan fingerprint density at radius 2 is 0.955 bits per heavy atom. The van der Waals surface area contributed by atoms with Gasteiger partial charge in [-0.1, -0.05) is 167 Å². The monoisotopic (exact) mass is 650 g/mol. The molecule has 44 heavy (non-hydrogen) atoms. The summed E-state index contributed by atoms with van der Waals surface area (Å²) in [7, 11) is -4.22. The summed E-state index contributed by atoms with van der Waals surface area (Å²) in [5.74, 6) is -0.502. The average molecular weight is 650 g/mol. The SMILES string of the molecule is CCCCCCCCCCCCCCCCCCCCCCCCCCCCOCC(COP(=O)(O)OCCN)OC(C)=O. The molecule has 0 aromatic carbocycles. The van der Waals surface area contributed by atoms with Crippen molar-refractivity contribution in [2.75, 3.05) is 33.0 Å². The molecule has 9 heteroatoms. The Morgan fingerprint density at radius 1 is 0.591 bits per heavy atom. The summed E-state index contributed by atoms with van der Waals surface area (Å²) in [5.41, 5.74) is 5.26. The number of hydrogen-bond donors (Lipinski definition) is 2. The molecular weight excluding hydrogens is 577 g/mol. The Hall–Kier alpha value is -0.500. The average Bonchev–Trinajstić information content (AvgIpc) is 3.00. The normalized spacial score (nSPS) is 13.6. The second kappa shape index (κ2) is 33.9. The fraction of sp³-hybridized carbons (Fsp3) is 0.971. The van der Waals surface area contributed by atoms with Crippen LogP contribution in [0.25, 0.3) is 0 Å². The zero-order valence-electron chi connectivity index (χ0n) is 28.9. The van der Waals surface area contributed by atoms with Crippen molar-refractivity contribution in [1.29, 1.82) is 0 Å². The number of carbonyl (C=O) groups excluding carboxylic acids is 1. The molecule has 0 aromatic rings. The van der Waals surface area contributed by atoms with Crippen LogP contribution in [-0.4, -0.2) is 49.9 Å². The first-order chi connectivity index (χ1) is 21.4. The first-order valence-electron chi connectivity index (χ1n) is 18.5. The molecule has 2 unspecified atom stereocenters. The lowest BCUT2D eigenvalue weighted by molar-refractivity contribution is -0.151. The van der Waals surface area contributed by atoms with E-state index >= 15 is 0 Å². The van der Waals surface area contributed by atoms with Crippen LogP contribution in [-0.2, 0) is 27.9 Å². The van der Waals surface area contributed by atoms with E-state index in [0.29, 0.717) is 6.61 Å². The predicted octanol–water partition coefficient (Wildman–Crippen LogP) is 10.2. The highest BCUT2D eigenvalue weighted by atomic mass is 31.2. The van der Waals surface area contributed by atoms with Gasteiger partial charge in [-0.15, -0.1) is 0 Å². The second-order valence-corrected chi connectivity index (χ2v) is 14.0. The van der Waals surface area contributed by atoms with E-state index in [4.69, 9.17) is 19.7 Å². The van der Waals surface area contributed by atoms with Crippen LogP contribution < -0.4 is 5.73 Å². The highest BCUT2D eigenvalue weighted by molar-refractivity contribution is 7.47. The summed E-state index contributed by atoms with van der Waals surface area (Å²) < 4.78 is 32.0. The summed E-state index contributed by atoms with van der Waals surface area (Å²) in [6, 6.07) is 0. The molecular formula is C35H72NO7P. The summed E-state index contributed by atoms with van der Waals surface area (Å²) in [4.78, 5) is 20.9. The van der Waals surface area contributed by atoms with E-state index in [0.717, 1.165) is 12.8 Å². The minimum atomic E-state index is -4.22. The van der Waals surface area contributed by atoms with Crippen LogP contribution in [0.15, 0.2) is 0 Å². The summed E-state index contributed by atoms with van der Waals surface area (Å²) in [6.45, 7) is 3.95. The van der Waals surface area contributed by atoms with Crippen molar-refractivity contribution in [1.82, 2.24) is 0 Å². The maximum Gasteiger partial charge on any atom is 0.472 e. The molecule has 0 rings (SSSR count). The van der Waals surface area contributed by atoms with Gasteiger partial charge in [0.2, 0.25) is 0 Å². The van der Waals surface area contributed by atoms with Crippen molar-refractivity contribution < 1.29 is 32.8 Å². The maximum absolute atomic E-state index is 11.7. The minimum Gasteiger partial charge on any atom is -0.458 e. The molecule has 264 valence electrons. The molecule has 0 aliphatic carbocycles. The van der Waals surface area contributed by atoms with Gasteiger partial charge in [0.1, 0.15) is 6.10 Å².